The van der Waals surface area contributed by atoms with Gasteiger partial charge in [-0.15, -0.1) is 0 Å². The van der Waals surface area contributed by atoms with Crippen LogP contribution in [-0.2, 0) is 11.2 Å². The number of hydrogen-bond donors (Lipinski definition) is 2. The number of aryl methyl sites for hydroxylation is 1. The van der Waals surface area contributed by atoms with E-state index in [1.807, 2.05) is 18.2 Å². The number of aromatic hydroxyl groups is 1. The van der Waals surface area contributed by atoms with E-state index in [2.05, 4.69) is 0 Å². The summed E-state index contributed by atoms with van der Waals surface area (Å²) in [5.74, 6) is -0.234. The molecule has 2 N–H and O–H groups in total. The van der Waals surface area contributed by atoms with Crippen molar-refractivity contribution in [2.24, 2.45) is 0 Å². The van der Waals surface area contributed by atoms with Crippen molar-refractivity contribution in [3.63, 3.8) is 0 Å². The summed E-state index contributed by atoms with van der Waals surface area (Å²) in [7, 11) is 0. The lowest BCUT2D eigenvalue weighted by atomic mass is 10.0. The summed E-state index contributed by atoms with van der Waals surface area (Å²) >= 11 is 0. The second kappa shape index (κ2) is 14.8. The topological polar surface area (TPSA) is 57.5 Å². The van der Waals surface area contributed by atoms with Crippen LogP contribution >= 0.6 is 0 Å². The van der Waals surface area contributed by atoms with Crippen LogP contribution in [0, 0.1) is 0 Å². The van der Waals surface area contributed by atoms with E-state index < -0.39 is 5.97 Å². The zero-order chi connectivity index (χ0) is 18.2. The molecular formula is C22H36O3. The molecule has 0 atom stereocenters. The number of aliphatic carboxylic acids is 1. The van der Waals surface area contributed by atoms with Gasteiger partial charge in [0, 0.05) is 6.42 Å². The number of para-hydroxylation sites is 1. The number of unbranched alkanes of at least 4 members (excludes halogenated alkanes) is 12. The molecule has 0 bridgehead atoms. The maximum atomic E-state index is 10.4. The van der Waals surface area contributed by atoms with Crippen LogP contribution in [0.2, 0.25) is 0 Å². The first-order valence-corrected chi connectivity index (χ1v) is 10.2. The van der Waals surface area contributed by atoms with Crippen LogP contribution in [0.15, 0.2) is 24.3 Å². The Morgan fingerprint density at radius 3 is 1.60 bits per heavy atom. The summed E-state index contributed by atoms with van der Waals surface area (Å²) in [6.45, 7) is 0. The second-order valence-electron chi connectivity index (χ2n) is 7.12. The summed E-state index contributed by atoms with van der Waals surface area (Å²) < 4.78 is 0. The molecule has 0 saturated heterocycles. The highest BCUT2D eigenvalue weighted by Gasteiger charge is 1.99. The van der Waals surface area contributed by atoms with E-state index in [4.69, 9.17) is 5.11 Å². The Morgan fingerprint density at radius 1 is 0.680 bits per heavy atom. The third kappa shape index (κ3) is 12.5. The molecule has 0 aliphatic carbocycles. The number of carboxylic acid groups (broad SMARTS) is 1. The average Bonchev–Trinajstić information content (AvgIpc) is 2.59. The van der Waals surface area contributed by atoms with E-state index in [9.17, 15) is 9.90 Å². The van der Waals surface area contributed by atoms with Gasteiger partial charge in [0.2, 0.25) is 0 Å². The van der Waals surface area contributed by atoms with Crippen LogP contribution in [0.4, 0.5) is 0 Å². The minimum absolute atomic E-state index is 0.326. The Morgan fingerprint density at radius 2 is 1.12 bits per heavy atom. The molecule has 0 aromatic heterocycles. The van der Waals surface area contributed by atoms with Crippen molar-refractivity contribution in [3.8, 4) is 5.75 Å². The van der Waals surface area contributed by atoms with Crippen molar-refractivity contribution in [1.29, 1.82) is 0 Å². The van der Waals surface area contributed by atoms with E-state index >= 15 is 0 Å². The SMILES string of the molecule is O=C(O)CCCCCCCCCCCCCCCc1ccccc1O. The largest absolute Gasteiger partial charge is 0.508 e. The second-order valence-corrected chi connectivity index (χ2v) is 7.12. The van der Waals surface area contributed by atoms with Crippen LogP contribution in [0.5, 0.6) is 5.75 Å². The number of hydrogen-bond acceptors (Lipinski definition) is 2. The van der Waals surface area contributed by atoms with Crippen molar-refractivity contribution < 1.29 is 15.0 Å². The number of benzene rings is 1. The summed E-state index contributed by atoms with van der Waals surface area (Å²) in [6, 6.07) is 7.65. The fourth-order valence-corrected chi connectivity index (χ4v) is 3.26. The van der Waals surface area contributed by atoms with Crippen LogP contribution in [0.25, 0.3) is 0 Å². The van der Waals surface area contributed by atoms with Gasteiger partial charge in [0.25, 0.3) is 0 Å². The molecule has 0 saturated carbocycles. The summed E-state index contributed by atoms with van der Waals surface area (Å²) in [4.78, 5) is 10.4. The van der Waals surface area contributed by atoms with Crippen molar-refractivity contribution in [3.05, 3.63) is 29.8 Å². The summed E-state index contributed by atoms with van der Waals surface area (Å²) in [5.41, 5.74) is 1.07. The lowest BCUT2D eigenvalue weighted by Crippen LogP contribution is -1.93. The lowest BCUT2D eigenvalue weighted by molar-refractivity contribution is -0.137. The molecule has 25 heavy (non-hydrogen) atoms. The van der Waals surface area contributed by atoms with Crippen molar-refractivity contribution in [1.82, 2.24) is 0 Å². The van der Waals surface area contributed by atoms with Crippen LogP contribution in [0.1, 0.15) is 95.5 Å². The summed E-state index contributed by atoms with van der Waals surface area (Å²) in [5, 5.41) is 18.3. The van der Waals surface area contributed by atoms with E-state index in [1.54, 1.807) is 6.07 Å². The van der Waals surface area contributed by atoms with E-state index in [1.165, 1.54) is 70.6 Å². The Kier molecular flexibility index (Phi) is 12.7. The van der Waals surface area contributed by atoms with Gasteiger partial charge in [0.1, 0.15) is 5.75 Å². The highest BCUT2D eigenvalue weighted by Crippen LogP contribution is 2.19. The van der Waals surface area contributed by atoms with Gasteiger partial charge in [0.05, 0.1) is 0 Å². The third-order valence-electron chi connectivity index (χ3n) is 4.83. The van der Waals surface area contributed by atoms with Gasteiger partial charge in [-0.05, 0) is 30.9 Å². The summed E-state index contributed by atoms with van der Waals surface area (Å²) in [6.07, 6.45) is 17.4. The molecular weight excluding hydrogens is 312 g/mol. The number of rotatable bonds is 16. The average molecular weight is 349 g/mol. The van der Waals surface area contributed by atoms with Gasteiger partial charge in [-0.3, -0.25) is 4.79 Å². The van der Waals surface area contributed by atoms with E-state index in [0.717, 1.165) is 24.8 Å². The Balaban J connectivity index is 1.77. The Bertz CT molecular complexity index is 456. The molecule has 0 unspecified atom stereocenters. The number of phenols is 1. The quantitative estimate of drug-likeness (QED) is 0.336. The van der Waals surface area contributed by atoms with Gasteiger partial charge in [0.15, 0.2) is 0 Å². The first-order valence-electron chi connectivity index (χ1n) is 10.2. The number of phenolic OH excluding ortho intramolecular Hbond substituents is 1. The molecule has 1 rings (SSSR count). The maximum absolute atomic E-state index is 10.4. The smallest absolute Gasteiger partial charge is 0.303 e. The molecule has 0 aliphatic heterocycles. The van der Waals surface area contributed by atoms with Gasteiger partial charge in [-0.1, -0.05) is 88.8 Å². The minimum Gasteiger partial charge on any atom is -0.508 e. The molecule has 1 aromatic rings. The van der Waals surface area contributed by atoms with Crippen LogP contribution in [0.3, 0.4) is 0 Å². The van der Waals surface area contributed by atoms with Crippen molar-refractivity contribution in [2.75, 3.05) is 0 Å². The minimum atomic E-state index is -0.668. The predicted molar refractivity (Wildman–Crippen MR) is 104 cm³/mol. The normalized spacial score (nSPS) is 10.9. The zero-order valence-electron chi connectivity index (χ0n) is 15.7. The van der Waals surface area contributed by atoms with Gasteiger partial charge < -0.3 is 10.2 Å². The zero-order valence-corrected chi connectivity index (χ0v) is 15.7. The van der Waals surface area contributed by atoms with E-state index in [0.29, 0.717) is 12.2 Å². The van der Waals surface area contributed by atoms with Crippen molar-refractivity contribution in [2.45, 2.75) is 96.3 Å². The molecule has 0 radical (unpaired) electrons. The first kappa shape index (κ1) is 21.5. The van der Waals surface area contributed by atoms with Gasteiger partial charge >= 0.3 is 5.97 Å². The standard InChI is InChI=1S/C22H36O3/c23-21-18-15-14-17-20(21)16-12-10-8-6-4-2-1-3-5-7-9-11-13-19-22(24)25/h14-15,17-18,23H,1-13,16,19H2,(H,24,25). The predicted octanol–water partition coefficient (Wildman–Crippen LogP) is 6.48. The molecule has 142 valence electrons. The fraction of sp³-hybridized carbons (Fsp3) is 0.682. The van der Waals surface area contributed by atoms with Crippen LogP contribution < -0.4 is 0 Å². The maximum Gasteiger partial charge on any atom is 0.303 e. The molecule has 0 aliphatic rings. The molecule has 0 spiro atoms. The molecule has 0 heterocycles. The highest BCUT2D eigenvalue weighted by molar-refractivity contribution is 5.66. The first-order chi connectivity index (χ1) is 12.2. The van der Waals surface area contributed by atoms with Crippen LogP contribution in [-0.4, -0.2) is 16.2 Å². The highest BCUT2D eigenvalue weighted by atomic mass is 16.4. The number of carboxylic acids is 1. The Labute approximate surface area is 153 Å². The fourth-order valence-electron chi connectivity index (χ4n) is 3.26. The molecule has 3 nitrogen and oxygen atoms in total. The van der Waals surface area contributed by atoms with E-state index in [-0.39, 0.29) is 0 Å². The van der Waals surface area contributed by atoms with Gasteiger partial charge in [-0.2, -0.15) is 0 Å². The molecule has 0 fully saturated rings. The molecule has 3 heteroatoms. The number of carbonyl (C=O) groups is 1. The van der Waals surface area contributed by atoms with Crippen molar-refractivity contribution >= 4 is 5.97 Å². The Hall–Kier alpha value is -1.51. The van der Waals surface area contributed by atoms with Gasteiger partial charge in [-0.25, -0.2) is 0 Å². The molecule has 0 amide bonds. The lowest BCUT2D eigenvalue weighted by Gasteiger charge is -2.05. The monoisotopic (exact) mass is 348 g/mol. The molecule has 1 aromatic carbocycles. The third-order valence-corrected chi connectivity index (χ3v) is 4.83.